The third-order valence-corrected chi connectivity index (χ3v) is 2.17. The van der Waals surface area contributed by atoms with E-state index in [4.69, 9.17) is 20.8 Å². The van der Waals surface area contributed by atoms with Crippen molar-refractivity contribution in [3.05, 3.63) is 47.1 Å². The predicted octanol–water partition coefficient (Wildman–Crippen LogP) is 3.22. The van der Waals surface area contributed by atoms with E-state index in [0.29, 0.717) is 16.7 Å². The molecule has 1 aromatic heterocycles. The number of nitrogens with zero attached hydrogens (tertiary/aromatic N) is 1. The van der Waals surface area contributed by atoms with Gasteiger partial charge in [0.2, 0.25) is 5.89 Å². The van der Waals surface area contributed by atoms with Crippen molar-refractivity contribution in [2.75, 3.05) is 0 Å². The van der Waals surface area contributed by atoms with E-state index >= 15 is 0 Å². The third-order valence-electron chi connectivity index (χ3n) is 1.85. The minimum Gasteiger partial charge on any atom is -0.482 e. The summed E-state index contributed by atoms with van der Waals surface area (Å²) in [5.74, 6) is 1.18. The van der Waals surface area contributed by atoms with E-state index in [9.17, 15) is 0 Å². The summed E-state index contributed by atoms with van der Waals surface area (Å²) in [4.78, 5) is 4.12. The van der Waals surface area contributed by atoms with Crippen LogP contribution in [-0.2, 0) is 6.61 Å². The molecule has 4 heteroatoms. The highest BCUT2D eigenvalue weighted by Gasteiger charge is 2.03. The fourth-order valence-electron chi connectivity index (χ4n) is 1.17. The highest BCUT2D eigenvalue weighted by Crippen LogP contribution is 2.23. The maximum atomic E-state index is 5.92. The average molecular weight is 224 g/mol. The molecule has 1 aromatic carbocycles. The summed E-state index contributed by atoms with van der Waals surface area (Å²) in [6.07, 6.45) is 1.59. The Kier molecular flexibility index (Phi) is 2.92. The topological polar surface area (TPSA) is 35.3 Å². The van der Waals surface area contributed by atoms with E-state index in [2.05, 4.69) is 4.98 Å². The van der Waals surface area contributed by atoms with Crippen LogP contribution in [0.5, 0.6) is 5.75 Å². The second-order valence-electron chi connectivity index (χ2n) is 3.10. The maximum absolute atomic E-state index is 5.92. The Morgan fingerprint density at radius 2 is 2.20 bits per heavy atom. The van der Waals surface area contributed by atoms with Crippen molar-refractivity contribution in [3.8, 4) is 5.75 Å². The number of benzene rings is 1. The van der Waals surface area contributed by atoms with Crippen LogP contribution in [0.3, 0.4) is 0 Å². The molecule has 2 rings (SSSR count). The first-order chi connectivity index (χ1) is 7.25. The number of hydrogen-bond donors (Lipinski definition) is 0. The number of hydrogen-bond acceptors (Lipinski definition) is 3. The Labute approximate surface area is 92.6 Å². The monoisotopic (exact) mass is 223 g/mol. The largest absolute Gasteiger partial charge is 0.482 e. The SMILES string of the molecule is Cc1coc(COc2ccccc2Cl)n1. The van der Waals surface area contributed by atoms with Crippen molar-refractivity contribution in [1.82, 2.24) is 4.98 Å². The third kappa shape index (κ3) is 2.50. The molecule has 0 saturated carbocycles. The van der Waals surface area contributed by atoms with Crippen LogP contribution in [-0.4, -0.2) is 4.98 Å². The molecule has 0 aliphatic carbocycles. The summed E-state index contributed by atoms with van der Waals surface area (Å²) in [5, 5.41) is 0.584. The molecule has 0 aliphatic heterocycles. The number of aryl methyl sites for hydroxylation is 1. The van der Waals surface area contributed by atoms with Crippen molar-refractivity contribution in [3.63, 3.8) is 0 Å². The molecule has 0 saturated heterocycles. The Morgan fingerprint density at radius 1 is 1.40 bits per heavy atom. The summed E-state index contributed by atoms with van der Waals surface area (Å²) in [6, 6.07) is 7.29. The number of halogens is 1. The van der Waals surface area contributed by atoms with Gasteiger partial charge < -0.3 is 9.15 Å². The maximum Gasteiger partial charge on any atom is 0.232 e. The van der Waals surface area contributed by atoms with Gasteiger partial charge in [-0.2, -0.15) is 0 Å². The van der Waals surface area contributed by atoms with Gasteiger partial charge in [-0.15, -0.1) is 0 Å². The second kappa shape index (κ2) is 4.36. The van der Waals surface area contributed by atoms with Crippen molar-refractivity contribution < 1.29 is 9.15 Å². The van der Waals surface area contributed by atoms with Crippen molar-refractivity contribution in [1.29, 1.82) is 0 Å². The molecule has 0 radical (unpaired) electrons. The highest BCUT2D eigenvalue weighted by molar-refractivity contribution is 6.32. The van der Waals surface area contributed by atoms with Crippen LogP contribution < -0.4 is 4.74 Å². The fourth-order valence-corrected chi connectivity index (χ4v) is 1.36. The first-order valence-corrected chi connectivity index (χ1v) is 4.92. The summed E-state index contributed by atoms with van der Waals surface area (Å²) >= 11 is 5.92. The van der Waals surface area contributed by atoms with Gasteiger partial charge in [-0.05, 0) is 19.1 Å². The van der Waals surface area contributed by atoms with Crippen LogP contribution >= 0.6 is 11.6 Å². The van der Waals surface area contributed by atoms with Crippen molar-refractivity contribution in [2.45, 2.75) is 13.5 Å². The lowest BCUT2D eigenvalue weighted by atomic mass is 10.3. The number of ether oxygens (including phenoxy) is 1. The summed E-state index contributed by atoms with van der Waals surface area (Å²) in [7, 11) is 0. The zero-order valence-electron chi connectivity index (χ0n) is 8.24. The van der Waals surface area contributed by atoms with Crippen molar-refractivity contribution >= 4 is 11.6 Å². The Morgan fingerprint density at radius 3 is 2.87 bits per heavy atom. The molecule has 3 nitrogen and oxygen atoms in total. The van der Waals surface area contributed by atoms with Gasteiger partial charge in [-0.25, -0.2) is 4.98 Å². The number of rotatable bonds is 3. The molecule has 0 bridgehead atoms. The van der Waals surface area contributed by atoms with Gasteiger partial charge in [-0.3, -0.25) is 0 Å². The first kappa shape index (κ1) is 10.1. The van der Waals surface area contributed by atoms with Crippen LogP contribution in [0, 0.1) is 6.92 Å². The number of aromatic nitrogens is 1. The van der Waals surface area contributed by atoms with Gasteiger partial charge in [0, 0.05) is 0 Å². The van der Waals surface area contributed by atoms with E-state index < -0.39 is 0 Å². The zero-order valence-corrected chi connectivity index (χ0v) is 8.99. The standard InChI is InChI=1S/C11H10ClNO2/c1-8-6-15-11(13-8)7-14-10-5-3-2-4-9(10)12/h2-6H,7H2,1H3. The second-order valence-corrected chi connectivity index (χ2v) is 3.51. The van der Waals surface area contributed by atoms with E-state index in [-0.39, 0.29) is 6.61 Å². The van der Waals surface area contributed by atoms with Gasteiger partial charge in [0.05, 0.1) is 10.7 Å². The summed E-state index contributed by atoms with van der Waals surface area (Å²) in [5.41, 5.74) is 0.841. The van der Waals surface area contributed by atoms with Crippen LogP contribution in [0.2, 0.25) is 5.02 Å². The van der Waals surface area contributed by atoms with Gasteiger partial charge in [0.15, 0.2) is 6.61 Å². The summed E-state index contributed by atoms with van der Waals surface area (Å²) < 4.78 is 10.6. The molecule has 1 heterocycles. The first-order valence-electron chi connectivity index (χ1n) is 4.54. The Bertz CT molecular complexity index is 453. The Balaban J connectivity index is 2.02. The quantitative estimate of drug-likeness (QED) is 0.802. The highest BCUT2D eigenvalue weighted by atomic mass is 35.5. The molecule has 0 amide bonds. The van der Waals surface area contributed by atoms with Gasteiger partial charge in [0.25, 0.3) is 0 Å². The molecule has 0 spiro atoms. The van der Waals surface area contributed by atoms with Gasteiger partial charge in [-0.1, -0.05) is 23.7 Å². The lowest BCUT2D eigenvalue weighted by molar-refractivity contribution is 0.263. The molecule has 0 aliphatic rings. The Hall–Kier alpha value is -1.48. The van der Waals surface area contributed by atoms with E-state index in [1.807, 2.05) is 19.1 Å². The molecule has 2 aromatic rings. The fraction of sp³-hybridized carbons (Fsp3) is 0.182. The van der Waals surface area contributed by atoms with E-state index in [1.165, 1.54) is 0 Å². The van der Waals surface area contributed by atoms with E-state index in [0.717, 1.165) is 5.69 Å². The van der Waals surface area contributed by atoms with Gasteiger partial charge in [0.1, 0.15) is 12.0 Å². The molecule has 0 N–H and O–H groups in total. The molecular weight excluding hydrogens is 214 g/mol. The summed E-state index contributed by atoms with van der Waals surface area (Å²) in [6.45, 7) is 2.15. The molecule has 15 heavy (non-hydrogen) atoms. The molecule has 78 valence electrons. The van der Waals surface area contributed by atoms with Gasteiger partial charge >= 0.3 is 0 Å². The lowest BCUT2D eigenvalue weighted by Crippen LogP contribution is -1.96. The van der Waals surface area contributed by atoms with Crippen LogP contribution in [0.25, 0.3) is 0 Å². The van der Waals surface area contributed by atoms with Crippen LogP contribution in [0.1, 0.15) is 11.6 Å². The minimum absolute atomic E-state index is 0.289. The van der Waals surface area contributed by atoms with Crippen molar-refractivity contribution in [2.24, 2.45) is 0 Å². The number of oxazole rings is 1. The average Bonchev–Trinajstić information content (AvgIpc) is 2.63. The smallest absolute Gasteiger partial charge is 0.232 e. The predicted molar refractivity (Wildman–Crippen MR) is 57.0 cm³/mol. The molecule has 0 atom stereocenters. The van der Waals surface area contributed by atoms with Crippen LogP contribution in [0.4, 0.5) is 0 Å². The lowest BCUT2D eigenvalue weighted by Gasteiger charge is -2.04. The van der Waals surface area contributed by atoms with E-state index in [1.54, 1.807) is 18.4 Å². The molecule has 0 fully saturated rings. The normalized spacial score (nSPS) is 10.3. The minimum atomic E-state index is 0.289. The number of para-hydroxylation sites is 1. The molecule has 0 unspecified atom stereocenters. The van der Waals surface area contributed by atoms with Crippen LogP contribution in [0.15, 0.2) is 34.9 Å². The molecular formula is C11H10ClNO2. The zero-order chi connectivity index (χ0) is 10.7.